The lowest BCUT2D eigenvalue weighted by molar-refractivity contribution is -0.126. The van der Waals surface area contributed by atoms with E-state index in [1.54, 1.807) is 0 Å². The van der Waals surface area contributed by atoms with E-state index in [4.69, 9.17) is 0 Å². The summed E-state index contributed by atoms with van der Waals surface area (Å²) in [6, 6.07) is 8.42. The fourth-order valence-electron chi connectivity index (χ4n) is 1.79. The Bertz CT molecular complexity index is 333. The van der Waals surface area contributed by atoms with Gasteiger partial charge in [-0.05, 0) is 18.9 Å². The third kappa shape index (κ3) is 3.19. The molecule has 0 fully saturated rings. The van der Waals surface area contributed by atoms with Gasteiger partial charge in [0.2, 0.25) is 0 Å². The maximum absolute atomic E-state index is 11.7. The van der Waals surface area contributed by atoms with Gasteiger partial charge < -0.3 is 0 Å². The predicted molar refractivity (Wildman–Crippen MR) is 64.0 cm³/mol. The van der Waals surface area contributed by atoms with Gasteiger partial charge in [-0.1, -0.05) is 50.6 Å². The topological polar surface area (TPSA) is 17.1 Å². The number of ketones is 1. The van der Waals surface area contributed by atoms with Crippen molar-refractivity contribution in [3.8, 4) is 0 Å². The van der Waals surface area contributed by atoms with E-state index < -0.39 is 0 Å². The van der Waals surface area contributed by atoms with Crippen LogP contribution in [-0.4, -0.2) is 5.78 Å². The van der Waals surface area contributed by atoms with Crippen LogP contribution in [0.1, 0.15) is 38.3 Å². The van der Waals surface area contributed by atoms with Gasteiger partial charge in [-0.2, -0.15) is 0 Å². The Morgan fingerprint density at radius 1 is 1.20 bits per heavy atom. The molecular weight excluding hydrogens is 184 g/mol. The molecule has 0 saturated carbocycles. The maximum Gasteiger partial charge on any atom is 0.138 e. The smallest absolute Gasteiger partial charge is 0.138 e. The van der Waals surface area contributed by atoms with Crippen LogP contribution in [-0.2, 0) is 11.2 Å². The van der Waals surface area contributed by atoms with Crippen molar-refractivity contribution in [1.29, 1.82) is 0 Å². The molecule has 1 aromatic rings. The minimum Gasteiger partial charge on any atom is -0.299 e. The molecule has 0 atom stereocenters. The molecule has 0 amide bonds. The van der Waals surface area contributed by atoms with E-state index in [2.05, 4.69) is 31.2 Å². The number of hydrogen-bond acceptors (Lipinski definition) is 1. The number of benzene rings is 1. The third-order valence-corrected chi connectivity index (χ3v) is 2.84. The Morgan fingerprint density at radius 3 is 2.20 bits per heavy atom. The van der Waals surface area contributed by atoms with Crippen LogP contribution >= 0.6 is 0 Å². The van der Waals surface area contributed by atoms with Crippen molar-refractivity contribution < 1.29 is 4.79 Å². The molecule has 0 N–H and O–H groups in total. The summed E-state index contributed by atoms with van der Waals surface area (Å²) in [7, 11) is 0. The summed E-state index contributed by atoms with van der Waals surface area (Å²) in [5, 5.41) is 0. The Hall–Kier alpha value is -1.11. The van der Waals surface area contributed by atoms with Crippen molar-refractivity contribution in [3.05, 3.63) is 35.4 Å². The summed E-state index contributed by atoms with van der Waals surface area (Å²) in [6.45, 7) is 8.06. The standard InChI is InChI=1S/C14H20O/c1-5-13(15)14(3,4)10-12-8-6-11(2)7-9-12/h6-9H,5,10H2,1-4H3. The number of carbonyl (C=O) groups is 1. The average molecular weight is 204 g/mol. The van der Waals surface area contributed by atoms with Crippen LogP contribution in [0.2, 0.25) is 0 Å². The van der Waals surface area contributed by atoms with Gasteiger partial charge in [0.15, 0.2) is 0 Å². The van der Waals surface area contributed by atoms with Gasteiger partial charge in [-0.15, -0.1) is 0 Å². The lowest BCUT2D eigenvalue weighted by Crippen LogP contribution is -2.25. The zero-order valence-electron chi connectivity index (χ0n) is 10.1. The van der Waals surface area contributed by atoms with Gasteiger partial charge in [0.05, 0.1) is 0 Å². The second kappa shape index (κ2) is 4.61. The van der Waals surface area contributed by atoms with Crippen molar-refractivity contribution in [2.45, 2.75) is 40.5 Å². The molecule has 0 aliphatic heterocycles. The normalized spacial score (nSPS) is 11.5. The maximum atomic E-state index is 11.7. The van der Waals surface area contributed by atoms with Crippen molar-refractivity contribution in [1.82, 2.24) is 0 Å². The second-order valence-corrected chi connectivity index (χ2v) is 4.82. The Labute approximate surface area is 92.5 Å². The molecule has 82 valence electrons. The molecule has 0 aromatic heterocycles. The molecule has 0 heterocycles. The highest BCUT2D eigenvalue weighted by atomic mass is 16.1. The first-order valence-corrected chi connectivity index (χ1v) is 5.54. The van der Waals surface area contributed by atoms with E-state index in [-0.39, 0.29) is 5.41 Å². The largest absolute Gasteiger partial charge is 0.299 e. The summed E-state index contributed by atoms with van der Waals surface area (Å²) in [5.74, 6) is 0.336. The van der Waals surface area contributed by atoms with Crippen LogP contribution in [0, 0.1) is 12.3 Å². The first kappa shape index (κ1) is 12.0. The summed E-state index contributed by atoms with van der Waals surface area (Å²) in [6.07, 6.45) is 1.46. The first-order chi connectivity index (χ1) is 6.95. The lowest BCUT2D eigenvalue weighted by Gasteiger charge is -2.22. The molecule has 1 rings (SSSR count). The van der Waals surface area contributed by atoms with Crippen molar-refractivity contribution in [2.24, 2.45) is 5.41 Å². The van der Waals surface area contributed by atoms with Crippen molar-refractivity contribution in [2.75, 3.05) is 0 Å². The van der Waals surface area contributed by atoms with Crippen molar-refractivity contribution in [3.63, 3.8) is 0 Å². The summed E-state index contributed by atoms with van der Waals surface area (Å²) < 4.78 is 0. The van der Waals surface area contributed by atoms with Gasteiger partial charge >= 0.3 is 0 Å². The number of Topliss-reactive ketones (excluding diaryl/α,β-unsaturated/α-hetero) is 1. The third-order valence-electron chi connectivity index (χ3n) is 2.84. The molecule has 0 radical (unpaired) electrons. The molecule has 1 nitrogen and oxygen atoms in total. The lowest BCUT2D eigenvalue weighted by atomic mass is 9.80. The molecule has 1 heteroatoms. The molecule has 0 bridgehead atoms. The van der Waals surface area contributed by atoms with E-state index >= 15 is 0 Å². The van der Waals surface area contributed by atoms with E-state index in [1.165, 1.54) is 11.1 Å². The minimum absolute atomic E-state index is 0.232. The number of rotatable bonds is 4. The fourth-order valence-corrected chi connectivity index (χ4v) is 1.79. The van der Waals surface area contributed by atoms with Gasteiger partial charge in [-0.3, -0.25) is 4.79 Å². The van der Waals surface area contributed by atoms with Crippen LogP contribution in [0.5, 0.6) is 0 Å². The van der Waals surface area contributed by atoms with Gasteiger partial charge in [0, 0.05) is 11.8 Å². The van der Waals surface area contributed by atoms with Crippen LogP contribution < -0.4 is 0 Å². The van der Waals surface area contributed by atoms with Crippen molar-refractivity contribution >= 4 is 5.78 Å². The molecule has 0 aliphatic carbocycles. The van der Waals surface area contributed by atoms with Gasteiger partial charge in [0.25, 0.3) is 0 Å². The first-order valence-electron chi connectivity index (χ1n) is 5.54. The minimum atomic E-state index is -0.232. The van der Waals surface area contributed by atoms with Crippen LogP contribution in [0.15, 0.2) is 24.3 Å². The number of hydrogen-bond donors (Lipinski definition) is 0. The second-order valence-electron chi connectivity index (χ2n) is 4.82. The summed E-state index contributed by atoms with van der Waals surface area (Å²) in [5.41, 5.74) is 2.27. The van der Waals surface area contributed by atoms with Crippen LogP contribution in [0.4, 0.5) is 0 Å². The molecule has 1 aromatic carbocycles. The van der Waals surface area contributed by atoms with E-state index in [0.717, 1.165) is 6.42 Å². The summed E-state index contributed by atoms with van der Waals surface area (Å²) >= 11 is 0. The molecule has 15 heavy (non-hydrogen) atoms. The van der Waals surface area contributed by atoms with Gasteiger partial charge in [-0.25, -0.2) is 0 Å². The van der Waals surface area contributed by atoms with Gasteiger partial charge in [0.1, 0.15) is 5.78 Å². The fraction of sp³-hybridized carbons (Fsp3) is 0.500. The quantitative estimate of drug-likeness (QED) is 0.733. The highest BCUT2D eigenvalue weighted by Gasteiger charge is 2.25. The Balaban J connectivity index is 2.77. The van der Waals surface area contributed by atoms with Crippen LogP contribution in [0.3, 0.4) is 0 Å². The zero-order valence-corrected chi connectivity index (χ0v) is 10.1. The monoisotopic (exact) mass is 204 g/mol. The molecule has 0 unspecified atom stereocenters. The summed E-state index contributed by atoms with van der Waals surface area (Å²) in [4.78, 5) is 11.7. The average Bonchev–Trinajstić information content (AvgIpc) is 2.20. The highest BCUT2D eigenvalue weighted by Crippen LogP contribution is 2.24. The van der Waals surface area contributed by atoms with E-state index in [9.17, 15) is 4.79 Å². The number of carbonyl (C=O) groups excluding carboxylic acids is 1. The molecule has 0 saturated heterocycles. The molecule has 0 spiro atoms. The number of aryl methyl sites for hydroxylation is 1. The SMILES string of the molecule is CCC(=O)C(C)(C)Cc1ccc(C)cc1. The predicted octanol–water partition coefficient (Wildman–Crippen LogP) is 3.54. The molecular formula is C14H20O. The Morgan fingerprint density at radius 2 is 1.73 bits per heavy atom. The zero-order chi connectivity index (χ0) is 11.5. The molecule has 0 aliphatic rings. The van der Waals surface area contributed by atoms with Crippen LogP contribution in [0.25, 0.3) is 0 Å². The highest BCUT2D eigenvalue weighted by molar-refractivity contribution is 5.84. The Kier molecular flexibility index (Phi) is 3.67. The van der Waals surface area contributed by atoms with E-state index in [1.807, 2.05) is 20.8 Å². The van der Waals surface area contributed by atoms with E-state index in [0.29, 0.717) is 12.2 Å².